The van der Waals surface area contributed by atoms with Gasteiger partial charge in [-0.25, -0.2) is 8.42 Å². The summed E-state index contributed by atoms with van der Waals surface area (Å²) in [6, 6.07) is 6.86. The molecule has 0 fully saturated rings. The van der Waals surface area contributed by atoms with E-state index in [-0.39, 0.29) is 5.75 Å². The van der Waals surface area contributed by atoms with Gasteiger partial charge in [0.25, 0.3) is 0 Å². The van der Waals surface area contributed by atoms with Crippen molar-refractivity contribution in [2.45, 2.75) is 44.0 Å². The highest BCUT2D eigenvalue weighted by molar-refractivity contribution is 7.91. The Labute approximate surface area is 121 Å². The normalized spacial score (nSPS) is 13.4. The maximum atomic E-state index is 12.1. The van der Waals surface area contributed by atoms with Crippen LogP contribution in [0.5, 0.6) is 0 Å². The molecule has 1 aromatic rings. The molecule has 19 heavy (non-hydrogen) atoms. The molecule has 0 saturated heterocycles. The minimum absolute atomic E-state index is 0.176. The Morgan fingerprint density at radius 2 is 2.05 bits per heavy atom. The molecular weight excluding hydrogens is 282 g/mol. The average molecular weight is 304 g/mol. The lowest BCUT2D eigenvalue weighted by atomic mass is 10.1. The summed E-state index contributed by atoms with van der Waals surface area (Å²) in [6.07, 6.45) is 2.57. The monoisotopic (exact) mass is 303 g/mol. The number of halogens is 1. The third-order valence-corrected chi connectivity index (χ3v) is 5.14. The molecule has 108 valence electrons. The molecule has 1 atom stereocenters. The standard InChI is InChI=1S/C14H22ClNO2S/c1-3-13(16-4-2)8-6-10-19(17,18)14-9-5-7-12(15)11-14/h5,7,9,11,13,16H,3-4,6,8,10H2,1-2H3. The summed E-state index contributed by atoms with van der Waals surface area (Å²) in [4.78, 5) is 0.316. The molecule has 0 aliphatic carbocycles. The van der Waals surface area contributed by atoms with E-state index in [2.05, 4.69) is 19.2 Å². The SMILES string of the molecule is CCNC(CC)CCCS(=O)(=O)c1cccc(Cl)c1. The van der Waals surface area contributed by atoms with Gasteiger partial charge in [-0.05, 0) is 44.0 Å². The molecule has 0 spiro atoms. The fraction of sp³-hybridized carbons (Fsp3) is 0.571. The van der Waals surface area contributed by atoms with Crippen molar-refractivity contribution in [1.82, 2.24) is 5.32 Å². The van der Waals surface area contributed by atoms with Crippen molar-refractivity contribution in [3.8, 4) is 0 Å². The van der Waals surface area contributed by atoms with Gasteiger partial charge in [-0.2, -0.15) is 0 Å². The molecule has 1 aromatic carbocycles. The number of hydrogen-bond donors (Lipinski definition) is 1. The maximum Gasteiger partial charge on any atom is 0.178 e. The van der Waals surface area contributed by atoms with Gasteiger partial charge in [0, 0.05) is 11.1 Å². The molecule has 3 nitrogen and oxygen atoms in total. The van der Waals surface area contributed by atoms with Crippen LogP contribution in [0.2, 0.25) is 5.02 Å². The topological polar surface area (TPSA) is 46.2 Å². The highest BCUT2D eigenvalue weighted by atomic mass is 35.5. The van der Waals surface area contributed by atoms with E-state index in [0.717, 1.165) is 19.4 Å². The van der Waals surface area contributed by atoms with Crippen molar-refractivity contribution in [2.75, 3.05) is 12.3 Å². The Morgan fingerprint density at radius 1 is 1.32 bits per heavy atom. The Bertz CT molecular complexity index is 488. The first kappa shape index (κ1) is 16.5. The number of sulfone groups is 1. The molecule has 1 rings (SSSR count). The molecule has 0 amide bonds. The smallest absolute Gasteiger partial charge is 0.178 e. The lowest BCUT2D eigenvalue weighted by molar-refractivity contribution is 0.475. The van der Waals surface area contributed by atoms with Gasteiger partial charge in [0.2, 0.25) is 0 Å². The van der Waals surface area contributed by atoms with Crippen molar-refractivity contribution in [2.24, 2.45) is 0 Å². The van der Waals surface area contributed by atoms with Gasteiger partial charge in [0.1, 0.15) is 0 Å². The Balaban J connectivity index is 2.56. The molecule has 0 aliphatic rings. The van der Waals surface area contributed by atoms with Gasteiger partial charge in [0.05, 0.1) is 10.6 Å². The molecule has 1 N–H and O–H groups in total. The van der Waals surface area contributed by atoms with Gasteiger partial charge in [0.15, 0.2) is 9.84 Å². The van der Waals surface area contributed by atoms with Crippen LogP contribution in [-0.4, -0.2) is 26.8 Å². The Hall–Kier alpha value is -0.580. The Kier molecular flexibility index (Phi) is 6.83. The second-order valence-corrected chi connectivity index (χ2v) is 7.13. The van der Waals surface area contributed by atoms with Crippen LogP contribution in [0.4, 0.5) is 0 Å². The van der Waals surface area contributed by atoms with Crippen molar-refractivity contribution < 1.29 is 8.42 Å². The van der Waals surface area contributed by atoms with E-state index >= 15 is 0 Å². The van der Waals surface area contributed by atoms with Gasteiger partial charge >= 0.3 is 0 Å². The van der Waals surface area contributed by atoms with Gasteiger partial charge in [-0.15, -0.1) is 0 Å². The molecule has 1 unspecified atom stereocenters. The van der Waals surface area contributed by atoms with Crippen LogP contribution in [0.15, 0.2) is 29.2 Å². The summed E-state index contributed by atoms with van der Waals surface area (Å²) in [5.74, 6) is 0.176. The van der Waals surface area contributed by atoms with Gasteiger partial charge in [-0.1, -0.05) is 31.5 Å². The molecule has 0 heterocycles. The molecular formula is C14H22ClNO2S. The van der Waals surface area contributed by atoms with Crippen LogP contribution in [0.25, 0.3) is 0 Å². The predicted molar refractivity (Wildman–Crippen MR) is 80.5 cm³/mol. The summed E-state index contributed by atoms with van der Waals surface area (Å²) in [6.45, 7) is 5.09. The van der Waals surface area contributed by atoms with E-state index in [1.165, 1.54) is 6.07 Å². The van der Waals surface area contributed by atoms with Gasteiger partial charge in [-0.3, -0.25) is 0 Å². The van der Waals surface area contributed by atoms with Crippen LogP contribution in [-0.2, 0) is 9.84 Å². The van der Waals surface area contributed by atoms with E-state index in [1.54, 1.807) is 18.2 Å². The lowest BCUT2D eigenvalue weighted by Gasteiger charge is -2.15. The predicted octanol–water partition coefficient (Wildman–Crippen LogP) is 3.28. The van der Waals surface area contributed by atoms with E-state index < -0.39 is 9.84 Å². The molecule has 5 heteroatoms. The fourth-order valence-corrected chi connectivity index (χ4v) is 3.67. The van der Waals surface area contributed by atoms with E-state index in [4.69, 9.17) is 11.6 Å². The summed E-state index contributed by atoms with van der Waals surface area (Å²) in [5.41, 5.74) is 0. The zero-order valence-electron chi connectivity index (χ0n) is 11.5. The number of nitrogens with one attached hydrogen (secondary N) is 1. The lowest BCUT2D eigenvalue weighted by Crippen LogP contribution is -2.28. The second kappa shape index (κ2) is 7.88. The van der Waals surface area contributed by atoms with Crippen LogP contribution in [0.1, 0.15) is 33.1 Å². The summed E-state index contributed by atoms with van der Waals surface area (Å²) in [5, 5.41) is 3.81. The van der Waals surface area contributed by atoms with Crippen LogP contribution < -0.4 is 5.32 Å². The fourth-order valence-electron chi connectivity index (χ4n) is 2.04. The minimum atomic E-state index is -3.21. The third kappa shape index (κ3) is 5.51. The van der Waals surface area contributed by atoms with Crippen LogP contribution >= 0.6 is 11.6 Å². The van der Waals surface area contributed by atoms with Crippen molar-refractivity contribution in [1.29, 1.82) is 0 Å². The molecule has 0 bridgehead atoms. The zero-order chi connectivity index (χ0) is 14.3. The first-order valence-corrected chi connectivity index (χ1v) is 8.74. The third-order valence-electron chi connectivity index (χ3n) is 3.11. The minimum Gasteiger partial charge on any atom is -0.314 e. The van der Waals surface area contributed by atoms with E-state index in [0.29, 0.717) is 22.4 Å². The zero-order valence-corrected chi connectivity index (χ0v) is 13.1. The highest BCUT2D eigenvalue weighted by Gasteiger charge is 2.15. The van der Waals surface area contributed by atoms with Gasteiger partial charge < -0.3 is 5.32 Å². The highest BCUT2D eigenvalue weighted by Crippen LogP contribution is 2.18. The summed E-state index contributed by atoms with van der Waals surface area (Å²) < 4.78 is 24.3. The molecule has 0 aliphatic heterocycles. The van der Waals surface area contributed by atoms with Crippen LogP contribution in [0, 0.1) is 0 Å². The van der Waals surface area contributed by atoms with E-state index in [9.17, 15) is 8.42 Å². The van der Waals surface area contributed by atoms with Crippen molar-refractivity contribution in [3.63, 3.8) is 0 Å². The molecule has 0 saturated carbocycles. The van der Waals surface area contributed by atoms with E-state index in [1.807, 2.05) is 0 Å². The van der Waals surface area contributed by atoms with Crippen molar-refractivity contribution in [3.05, 3.63) is 29.3 Å². The van der Waals surface area contributed by atoms with Crippen molar-refractivity contribution >= 4 is 21.4 Å². The van der Waals surface area contributed by atoms with Crippen LogP contribution in [0.3, 0.4) is 0 Å². The summed E-state index contributed by atoms with van der Waals surface area (Å²) in [7, 11) is -3.21. The first-order valence-electron chi connectivity index (χ1n) is 6.71. The average Bonchev–Trinajstić information content (AvgIpc) is 2.37. The maximum absolute atomic E-state index is 12.1. The largest absolute Gasteiger partial charge is 0.314 e. The quantitative estimate of drug-likeness (QED) is 0.801. The number of hydrogen-bond acceptors (Lipinski definition) is 3. The summed E-state index contributed by atoms with van der Waals surface area (Å²) >= 11 is 5.82. The number of benzene rings is 1. The number of rotatable bonds is 8. The molecule has 0 aromatic heterocycles. The first-order chi connectivity index (χ1) is 8.99. The molecule has 0 radical (unpaired) electrons. The Morgan fingerprint density at radius 3 is 2.63 bits per heavy atom. The second-order valence-electron chi connectivity index (χ2n) is 4.58.